The Morgan fingerprint density at radius 3 is 2.48 bits per heavy atom. The first-order valence-corrected chi connectivity index (χ1v) is 8.34. The zero-order valence-electron chi connectivity index (χ0n) is 14.4. The van der Waals surface area contributed by atoms with Crippen LogP contribution in [0.4, 0.5) is 0 Å². The first-order valence-electron chi connectivity index (χ1n) is 8.34. The van der Waals surface area contributed by atoms with Crippen molar-refractivity contribution in [3.05, 3.63) is 65.7 Å². The van der Waals surface area contributed by atoms with Crippen molar-refractivity contribution in [1.82, 2.24) is 5.32 Å². The molecule has 0 aliphatic heterocycles. The predicted octanol–water partition coefficient (Wildman–Crippen LogP) is 3.67. The summed E-state index contributed by atoms with van der Waals surface area (Å²) in [4.78, 5) is 24.1. The fourth-order valence-corrected chi connectivity index (χ4v) is 2.47. The van der Waals surface area contributed by atoms with E-state index in [1.54, 1.807) is 31.2 Å². The molecule has 0 saturated carbocycles. The summed E-state index contributed by atoms with van der Waals surface area (Å²) in [6.07, 6.45) is 0.878. The van der Waals surface area contributed by atoms with Gasteiger partial charge in [0.05, 0.1) is 18.6 Å². The Kier molecular flexibility index (Phi) is 6.57. The lowest BCUT2D eigenvalue weighted by Crippen LogP contribution is -2.35. The van der Waals surface area contributed by atoms with Gasteiger partial charge in [0.25, 0.3) is 5.91 Å². The van der Waals surface area contributed by atoms with Crippen molar-refractivity contribution in [3.8, 4) is 5.75 Å². The van der Waals surface area contributed by atoms with Gasteiger partial charge in [-0.2, -0.15) is 0 Å². The van der Waals surface area contributed by atoms with E-state index in [9.17, 15) is 14.7 Å². The molecule has 0 bridgehead atoms. The number of hydrogen-bond donors (Lipinski definition) is 2. The van der Waals surface area contributed by atoms with Crippen LogP contribution in [0, 0.1) is 5.92 Å². The third-order valence-electron chi connectivity index (χ3n) is 3.90. The van der Waals surface area contributed by atoms with Crippen LogP contribution in [-0.2, 0) is 4.79 Å². The molecule has 0 saturated heterocycles. The molecule has 0 heterocycles. The second kappa shape index (κ2) is 8.87. The van der Waals surface area contributed by atoms with Gasteiger partial charge in [0.2, 0.25) is 0 Å². The quantitative estimate of drug-likeness (QED) is 0.768. The number of aliphatic carboxylic acids is 1. The minimum atomic E-state index is -0.964. The lowest BCUT2D eigenvalue weighted by atomic mass is 9.94. The summed E-state index contributed by atoms with van der Waals surface area (Å²) in [6, 6.07) is 15.4. The zero-order valence-corrected chi connectivity index (χ0v) is 14.4. The number of rotatable bonds is 8. The molecule has 25 heavy (non-hydrogen) atoms. The summed E-state index contributed by atoms with van der Waals surface area (Å²) in [5.41, 5.74) is 1.19. The van der Waals surface area contributed by atoms with Crippen LogP contribution in [0.5, 0.6) is 5.75 Å². The molecule has 0 radical (unpaired) electrons. The molecule has 132 valence electrons. The average molecular weight is 341 g/mol. The van der Waals surface area contributed by atoms with Gasteiger partial charge in [-0.05, 0) is 37.1 Å². The molecule has 2 rings (SSSR count). The molecular weight excluding hydrogens is 318 g/mol. The highest BCUT2D eigenvalue weighted by Gasteiger charge is 2.27. The third-order valence-corrected chi connectivity index (χ3v) is 3.90. The summed E-state index contributed by atoms with van der Waals surface area (Å²) in [5, 5.41) is 12.2. The maximum Gasteiger partial charge on any atom is 0.308 e. The van der Waals surface area contributed by atoms with Crippen LogP contribution in [0.1, 0.15) is 42.2 Å². The average Bonchev–Trinajstić information content (AvgIpc) is 2.64. The minimum Gasteiger partial charge on any atom is -0.494 e. The van der Waals surface area contributed by atoms with Crippen LogP contribution in [0.3, 0.4) is 0 Å². The van der Waals surface area contributed by atoms with Crippen LogP contribution < -0.4 is 10.1 Å². The summed E-state index contributed by atoms with van der Waals surface area (Å²) < 4.78 is 5.55. The number of nitrogens with one attached hydrogen (secondary N) is 1. The van der Waals surface area contributed by atoms with Crippen LogP contribution >= 0.6 is 0 Å². The summed E-state index contributed by atoms with van der Waals surface area (Å²) in [6.45, 7) is 4.17. The zero-order chi connectivity index (χ0) is 18.2. The Bertz CT molecular complexity index is 715. The Morgan fingerprint density at radius 1 is 1.12 bits per heavy atom. The molecule has 0 aliphatic carbocycles. The van der Waals surface area contributed by atoms with Crippen molar-refractivity contribution in [2.45, 2.75) is 26.3 Å². The van der Waals surface area contributed by atoms with Gasteiger partial charge in [0, 0.05) is 5.56 Å². The fourth-order valence-electron chi connectivity index (χ4n) is 2.47. The van der Waals surface area contributed by atoms with Crippen molar-refractivity contribution in [1.29, 1.82) is 0 Å². The van der Waals surface area contributed by atoms with E-state index in [1.807, 2.05) is 37.3 Å². The molecule has 0 aliphatic rings. The van der Waals surface area contributed by atoms with Crippen LogP contribution in [0.2, 0.25) is 0 Å². The number of hydrogen-bond acceptors (Lipinski definition) is 3. The molecule has 2 atom stereocenters. The molecule has 0 aromatic heterocycles. The van der Waals surface area contributed by atoms with Crippen LogP contribution in [0.25, 0.3) is 0 Å². The van der Waals surface area contributed by atoms with Crippen LogP contribution in [0.15, 0.2) is 54.6 Å². The van der Waals surface area contributed by atoms with E-state index in [0.29, 0.717) is 17.9 Å². The Balaban J connectivity index is 2.21. The second-order valence-corrected chi connectivity index (χ2v) is 5.87. The van der Waals surface area contributed by atoms with Crippen molar-refractivity contribution in [2.75, 3.05) is 6.61 Å². The predicted molar refractivity (Wildman–Crippen MR) is 95.7 cm³/mol. The van der Waals surface area contributed by atoms with E-state index in [-0.39, 0.29) is 5.91 Å². The van der Waals surface area contributed by atoms with Gasteiger partial charge >= 0.3 is 5.97 Å². The highest BCUT2D eigenvalue weighted by Crippen LogP contribution is 2.23. The van der Waals surface area contributed by atoms with Crippen molar-refractivity contribution >= 4 is 11.9 Å². The van der Waals surface area contributed by atoms with E-state index in [2.05, 4.69) is 5.32 Å². The Morgan fingerprint density at radius 2 is 1.84 bits per heavy atom. The summed E-state index contributed by atoms with van der Waals surface area (Å²) >= 11 is 0. The van der Waals surface area contributed by atoms with Gasteiger partial charge in [0.15, 0.2) is 0 Å². The lowest BCUT2D eigenvalue weighted by molar-refractivity contribution is -0.142. The number of carboxylic acids is 1. The van der Waals surface area contributed by atoms with E-state index >= 15 is 0 Å². The molecule has 0 fully saturated rings. The van der Waals surface area contributed by atoms with Gasteiger partial charge in [-0.25, -0.2) is 0 Å². The maximum atomic E-state index is 12.6. The van der Waals surface area contributed by atoms with Gasteiger partial charge in [-0.1, -0.05) is 43.3 Å². The SMILES string of the molecule is CCCOc1cccc(C(=O)NC(c2ccccc2)C(C)C(=O)O)c1. The Hall–Kier alpha value is -2.82. The minimum absolute atomic E-state index is 0.330. The van der Waals surface area contributed by atoms with E-state index in [0.717, 1.165) is 12.0 Å². The van der Waals surface area contributed by atoms with Gasteiger partial charge in [-0.3, -0.25) is 9.59 Å². The molecule has 2 aromatic carbocycles. The van der Waals surface area contributed by atoms with Crippen molar-refractivity contribution in [2.24, 2.45) is 5.92 Å². The number of carboxylic acid groups (broad SMARTS) is 1. The number of carbonyl (C=O) groups excluding carboxylic acids is 1. The highest BCUT2D eigenvalue weighted by atomic mass is 16.5. The topological polar surface area (TPSA) is 75.6 Å². The monoisotopic (exact) mass is 341 g/mol. The van der Waals surface area contributed by atoms with E-state index in [4.69, 9.17) is 4.74 Å². The number of ether oxygens (including phenoxy) is 1. The van der Waals surface area contributed by atoms with Gasteiger partial charge in [-0.15, -0.1) is 0 Å². The van der Waals surface area contributed by atoms with Crippen molar-refractivity contribution in [3.63, 3.8) is 0 Å². The third kappa shape index (κ3) is 5.08. The normalized spacial score (nSPS) is 12.9. The first kappa shape index (κ1) is 18.5. The molecule has 2 aromatic rings. The van der Waals surface area contributed by atoms with E-state index < -0.39 is 17.9 Å². The standard InChI is InChI=1S/C20H23NO4/c1-3-12-25-17-11-7-10-16(13-17)19(22)21-18(14(2)20(23)24)15-8-5-4-6-9-15/h4-11,13-14,18H,3,12H2,1-2H3,(H,21,22)(H,23,24). The molecule has 1 amide bonds. The number of carbonyl (C=O) groups is 2. The maximum absolute atomic E-state index is 12.6. The summed E-state index contributed by atoms with van der Waals surface area (Å²) in [5.74, 6) is -1.43. The highest BCUT2D eigenvalue weighted by molar-refractivity contribution is 5.95. The molecule has 2 unspecified atom stereocenters. The summed E-state index contributed by atoms with van der Waals surface area (Å²) in [7, 11) is 0. The molecule has 5 heteroatoms. The largest absolute Gasteiger partial charge is 0.494 e. The number of benzene rings is 2. The fraction of sp³-hybridized carbons (Fsp3) is 0.300. The molecule has 5 nitrogen and oxygen atoms in total. The number of amides is 1. The molecule has 2 N–H and O–H groups in total. The van der Waals surface area contributed by atoms with E-state index in [1.165, 1.54) is 0 Å². The Labute approximate surface area is 147 Å². The van der Waals surface area contributed by atoms with Crippen LogP contribution in [-0.4, -0.2) is 23.6 Å². The second-order valence-electron chi connectivity index (χ2n) is 5.87. The first-order chi connectivity index (χ1) is 12.0. The smallest absolute Gasteiger partial charge is 0.308 e. The lowest BCUT2D eigenvalue weighted by Gasteiger charge is -2.23. The van der Waals surface area contributed by atoms with Crippen molar-refractivity contribution < 1.29 is 19.4 Å². The molecular formula is C20H23NO4. The molecule has 0 spiro atoms. The van der Waals surface area contributed by atoms with Gasteiger partial charge < -0.3 is 15.2 Å². The van der Waals surface area contributed by atoms with Gasteiger partial charge in [0.1, 0.15) is 5.75 Å².